The van der Waals surface area contributed by atoms with Gasteiger partial charge in [0.15, 0.2) is 11.3 Å². The lowest BCUT2D eigenvalue weighted by Crippen LogP contribution is -2.29. The summed E-state index contributed by atoms with van der Waals surface area (Å²) in [7, 11) is 3.46. The standard InChI is InChI=1S/C24H24N10O2/c1-12-15(9-27-22-21(12)31-33(3)24(22)36)17-6-13-7-18(26-10-16(13)23(25)28-17)29-19-8-14-4-5-32(2)20(35)11-34(14)30-19/h6-10,31H,4-5,11H2,1-3H3,(H2,25,28)(H,26,29,30). The van der Waals surface area contributed by atoms with Gasteiger partial charge in [0.25, 0.3) is 5.56 Å². The zero-order chi connectivity index (χ0) is 25.1. The molecule has 1 aliphatic heterocycles. The van der Waals surface area contributed by atoms with E-state index in [4.69, 9.17) is 5.73 Å². The quantitative estimate of drug-likeness (QED) is 0.350. The summed E-state index contributed by atoms with van der Waals surface area (Å²) in [6.45, 7) is 2.79. The number of H-pyrrole nitrogens is 1. The summed E-state index contributed by atoms with van der Waals surface area (Å²) in [6.07, 6.45) is 4.06. The van der Waals surface area contributed by atoms with E-state index in [-0.39, 0.29) is 18.0 Å². The van der Waals surface area contributed by atoms with Gasteiger partial charge >= 0.3 is 0 Å². The molecular formula is C24H24N10O2. The molecule has 5 aromatic heterocycles. The van der Waals surface area contributed by atoms with E-state index in [9.17, 15) is 9.59 Å². The van der Waals surface area contributed by atoms with Gasteiger partial charge in [-0.05, 0) is 30.0 Å². The molecule has 6 heterocycles. The minimum Gasteiger partial charge on any atom is -0.383 e. The fourth-order valence-electron chi connectivity index (χ4n) is 4.56. The summed E-state index contributed by atoms with van der Waals surface area (Å²) >= 11 is 0. The Kier molecular flexibility index (Phi) is 4.78. The van der Waals surface area contributed by atoms with E-state index in [1.54, 1.807) is 36.1 Å². The second-order valence-corrected chi connectivity index (χ2v) is 9.05. The molecule has 0 bridgehead atoms. The SMILES string of the molecule is Cc1c(-c2cc3cc(Nc4cc5n(n4)CC(=O)N(C)CC5)ncc3c(N)n2)cnc2c(=O)n(C)[nH]c12. The average Bonchev–Trinajstić information content (AvgIpc) is 3.32. The number of nitrogens with two attached hydrogens (primary N) is 1. The highest BCUT2D eigenvalue weighted by Crippen LogP contribution is 2.31. The van der Waals surface area contributed by atoms with Crippen molar-refractivity contribution >= 4 is 45.2 Å². The molecule has 5 aromatic rings. The number of amides is 1. The molecule has 12 nitrogen and oxygen atoms in total. The van der Waals surface area contributed by atoms with E-state index in [2.05, 4.69) is 30.5 Å². The van der Waals surface area contributed by atoms with Crippen LogP contribution in [0.1, 0.15) is 11.3 Å². The Balaban J connectivity index is 1.37. The van der Waals surface area contributed by atoms with Crippen molar-refractivity contribution in [2.24, 2.45) is 7.05 Å². The highest BCUT2D eigenvalue weighted by Gasteiger charge is 2.20. The number of nitrogen functional groups attached to an aromatic ring is 1. The lowest BCUT2D eigenvalue weighted by atomic mass is 10.0. The zero-order valence-corrected chi connectivity index (χ0v) is 20.0. The van der Waals surface area contributed by atoms with Crippen molar-refractivity contribution in [3.05, 3.63) is 52.2 Å². The number of aromatic amines is 1. The number of hydrogen-bond donors (Lipinski definition) is 3. The van der Waals surface area contributed by atoms with Gasteiger partial charge < -0.3 is 16.0 Å². The van der Waals surface area contributed by atoms with Crippen molar-refractivity contribution in [1.29, 1.82) is 0 Å². The van der Waals surface area contributed by atoms with E-state index in [0.29, 0.717) is 40.7 Å². The first-order valence-electron chi connectivity index (χ1n) is 11.5. The zero-order valence-electron chi connectivity index (χ0n) is 20.0. The third-order valence-corrected chi connectivity index (χ3v) is 6.68. The third-order valence-electron chi connectivity index (χ3n) is 6.68. The first-order valence-corrected chi connectivity index (χ1v) is 11.5. The van der Waals surface area contributed by atoms with Crippen LogP contribution in [0.4, 0.5) is 17.5 Å². The Morgan fingerprint density at radius 2 is 1.92 bits per heavy atom. The highest BCUT2D eigenvalue weighted by molar-refractivity contribution is 5.95. The van der Waals surface area contributed by atoms with Crippen LogP contribution in [0, 0.1) is 6.92 Å². The molecule has 0 radical (unpaired) electrons. The van der Waals surface area contributed by atoms with Crippen LogP contribution < -0.4 is 16.6 Å². The van der Waals surface area contributed by atoms with Crippen LogP contribution in [0.3, 0.4) is 0 Å². The van der Waals surface area contributed by atoms with E-state index in [1.165, 1.54) is 4.68 Å². The van der Waals surface area contributed by atoms with E-state index in [0.717, 1.165) is 34.0 Å². The number of nitrogens with one attached hydrogen (secondary N) is 2. The summed E-state index contributed by atoms with van der Waals surface area (Å²) in [4.78, 5) is 39.6. The monoisotopic (exact) mass is 484 g/mol. The normalized spacial score (nSPS) is 13.9. The molecule has 0 saturated heterocycles. The number of carbonyl (C=O) groups is 1. The largest absolute Gasteiger partial charge is 0.383 e. The van der Waals surface area contributed by atoms with Crippen LogP contribution >= 0.6 is 0 Å². The van der Waals surface area contributed by atoms with Crippen LogP contribution in [0.25, 0.3) is 33.1 Å². The molecule has 6 rings (SSSR count). The third kappa shape index (κ3) is 3.45. The fourth-order valence-corrected chi connectivity index (χ4v) is 4.56. The molecule has 0 unspecified atom stereocenters. The number of pyridine rings is 3. The van der Waals surface area contributed by atoms with Crippen LogP contribution in [0.5, 0.6) is 0 Å². The Morgan fingerprint density at radius 1 is 1.08 bits per heavy atom. The summed E-state index contributed by atoms with van der Waals surface area (Å²) in [6, 6.07) is 5.74. The molecule has 0 atom stereocenters. The lowest BCUT2D eigenvalue weighted by molar-refractivity contribution is -0.130. The number of fused-ring (bicyclic) bond motifs is 3. The number of carbonyl (C=O) groups excluding carboxylic acids is 1. The number of nitrogens with zero attached hydrogens (tertiary/aromatic N) is 7. The molecule has 0 aromatic carbocycles. The van der Waals surface area contributed by atoms with Crippen molar-refractivity contribution in [3.63, 3.8) is 0 Å². The molecule has 36 heavy (non-hydrogen) atoms. The van der Waals surface area contributed by atoms with Gasteiger partial charge in [-0.2, -0.15) is 5.10 Å². The predicted octanol–water partition coefficient (Wildman–Crippen LogP) is 1.72. The maximum absolute atomic E-state index is 12.3. The minimum absolute atomic E-state index is 0.0327. The van der Waals surface area contributed by atoms with Crippen LogP contribution in [-0.2, 0) is 24.8 Å². The van der Waals surface area contributed by atoms with Gasteiger partial charge in [-0.15, -0.1) is 0 Å². The number of aromatic nitrogens is 7. The Hall–Kier alpha value is -4.74. The minimum atomic E-state index is -0.180. The Morgan fingerprint density at radius 3 is 2.75 bits per heavy atom. The van der Waals surface area contributed by atoms with Crippen molar-refractivity contribution in [2.45, 2.75) is 19.9 Å². The van der Waals surface area contributed by atoms with E-state index >= 15 is 0 Å². The van der Waals surface area contributed by atoms with Gasteiger partial charge in [-0.3, -0.25) is 24.1 Å². The summed E-state index contributed by atoms with van der Waals surface area (Å²) < 4.78 is 3.14. The molecule has 0 fully saturated rings. The smallest absolute Gasteiger partial charge is 0.292 e. The highest BCUT2D eigenvalue weighted by atomic mass is 16.2. The van der Waals surface area contributed by atoms with Crippen molar-refractivity contribution in [3.8, 4) is 11.3 Å². The molecule has 0 aliphatic carbocycles. The summed E-state index contributed by atoms with van der Waals surface area (Å²) in [5.41, 5.74) is 10.4. The van der Waals surface area contributed by atoms with Gasteiger partial charge in [-0.1, -0.05) is 0 Å². The Labute approximate surface area is 204 Å². The van der Waals surface area contributed by atoms with Gasteiger partial charge in [0.2, 0.25) is 5.91 Å². The number of aryl methyl sites for hydroxylation is 2. The van der Waals surface area contributed by atoms with Gasteiger partial charge in [0.1, 0.15) is 18.2 Å². The lowest BCUT2D eigenvalue weighted by Gasteiger charge is -2.12. The summed E-state index contributed by atoms with van der Waals surface area (Å²) in [5, 5.41) is 12.4. The predicted molar refractivity (Wildman–Crippen MR) is 136 cm³/mol. The second-order valence-electron chi connectivity index (χ2n) is 9.05. The number of likely N-dealkylation sites (N-methyl/N-ethyl adjacent to an activating group) is 1. The molecule has 0 saturated carbocycles. The number of rotatable bonds is 3. The second kappa shape index (κ2) is 7.90. The van der Waals surface area contributed by atoms with Crippen LogP contribution in [0.2, 0.25) is 0 Å². The first kappa shape index (κ1) is 21.8. The topological polar surface area (TPSA) is 153 Å². The molecule has 1 amide bonds. The molecule has 4 N–H and O–H groups in total. The fraction of sp³-hybridized carbons (Fsp3) is 0.250. The average molecular weight is 485 g/mol. The van der Waals surface area contributed by atoms with Crippen molar-refractivity contribution < 1.29 is 4.79 Å². The molecule has 0 spiro atoms. The van der Waals surface area contributed by atoms with Gasteiger partial charge in [0, 0.05) is 62.2 Å². The van der Waals surface area contributed by atoms with E-state index in [1.807, 2.05) is 25.1 Å². The van der Waals surface area contributed by atoms with Crippen molar-refractivity contribution in [2.75, 3.05) is 24.6 Å². The molecule has 182 valence electrons. The first-order chi connectivity index (χ1) is 17.3. The van der Waals surface area contributed by atoms with Crippen molar-refractivity contribution in [1.82, 2.24) is 39.4 Å². The van der Waals surface area contributed by atoms with Crippen LogP contribution in [0.15, 0.2) is 35.4 Å². The van der Waals surface area contributed by atoms with Crippen LogP contribution in [-0.4, -0.2) is 58.9 Å². The molecule has 12 heteroatoms. The van der Waals surface area contributed by atoms with E-state index < -0.39 is 0 Å². The van der Waals surface area contributed by atoms with Gasteiger partial charge in [-0.25, -0.2) is 15.0 Å². The van der Waals surface area contributed by atoms with Gasteiger partial charge in [0.05, 0.1) is 11.2 Å². The molecule has 1 aliphatic rings. The molecular weight excluding hydrogens is 460 g/mol. The number of hydrogen-bond acceptors (Lipinski definition) is 8. The maximum atomic E-state index is 12.3. The Bertz CT molecular complexity index is 1750. The number of anilines is 3. The summed E-state index contributed by atoms with van der Waals surface area (Å²) in [5.74, 6) is 1.59. The maximum Gasteiger partial charge on any atom is 0.292 e.